The Morgan fingerprint density at radius 3 is 2.85 bits per heavy atom. The number of morpholine rings is 1. The van der Waals surface area contributed by atoms with E-state index in [1.165, 1.54) is 11.1 Å². The summed E-state index contributed by atoms with van der Waals surface area (Å²) in [5.41, 5.74) is 2.47. The van der Waals surface area contributed by atoms with Crippen LogP contribution in [0.4, 0.5) is 0 Å². The molecule has 1 saturated heterocycles. The normalized spacial score (nSPS) is 17.1. The van der Waals surface area contributed by atoms with Gasteiger partial charge in [-0.3, -0.25) is 9.89 Å². The zero-order valence-corrected chi connectivity index (χ0v) is 16.5. The van der Waals surface area contributed by atoms with Gasteiger partial charge in [-0.25, -0.2) is 0 Å². The highest BCUT2D eigenvalue weighted by molar-refractivity contribution is 7.07. The molecule has 26 heavy (non-hydrogen) atoms. The van der Waals surface area contributed by atoms with Crippen LogP contribution in [0.1, 0.15) is 17.2 Å². The summed E-state index contributed by atoms with van der Waals surface area (Å²) < 4.78 is 5.51. The number of hydrogen-bond donors (Lipinski definition) is 2. The van der Waals surface area contributed by atoms with Gasteiger partial charge in [0.25, 0.3) is 0 Å². The van der Waals surface area contributed by atoms with Crippen molar-refractivity contribution in [3.8, 4) is 0 Å². The Labute approximate surface area is 164 Å². The van der Waals surface area contributed by atoms with Gasteiger partial charge in [-0.15, -0.1) is 0 Å². The molecule has 1 aliphatic rings. The second-order valence-electron chi connectivity index (χ2n) is 6.16. The van der Waals surface area contributed by atoms with Crippen LogP contribution in [0.2, 0.25) is 5.02 Å². The van der Waals surface area contributed by atoms with Crippen molar-refractivity contribution in [2.45, 2.75) is 12.6 Å². The SMILES string of the molecule is CN=C(NCc1ccsc1)NCC(c1cccc(Cl)c1)N1CCOCC1. The van der Waals surface area contributed by atoms with E-state index in [9.17, 15) is 0 Å². The third-order valence-electron chi connectivity index (χ3n) is 4.45. The molecule has 1 aromatic carbocycles. The van der Waals surface area contributed by atoms with Gasteiger partial charge in [0.1, 0.15) is 0 Å². The number of halogens is 1. The van der Waals surface area contributed by atoms with Crippen LogP contribution in [0.15, 0.2) is 46.1 Å². The van der Waals surface area contributed by atoms with Gasteiger partial charge >= 0.3 is 0 Å². The van der Waals surface area contributed by atoms with Gasteiger partial charge in [0.2, 0.25) is 0 Å². The van der Waals surface area contributed by atoms with E-state index in [1.54, 1.807) is 18.4 Å². The van der Waals surface area contributed by atoms with Crippen molar-refractivity contribution < 1.29 is 4.74 Å². The van der Waals surface area contributed by atoms with Crippen molar-refractivity contribution in [1.29, 1.82) is 0 Å². The lowest BCUT2D eigenvalue weighted by Crippen LogP contribution is -2.46. The standard InChI is InChI=1S/C19H25ClN4OS/c1-21-19(22-12-15-5-10-26-14-15)23-13-18(24-6-8-25-9-7-24)16-3-2-4-17(20)11-16/h2-5,10-11,14,18H,6-9,12-13H2,1H3,(H2,21,22,23). The molecular formula is C19H25ClN4OS. The van der Waals surface area contributed by atoms with E-state index >= 15 is 0 Å². The average molecular weight is 393 g/mol. The van der Waals surface area contributed by atoms with Crippen LogP contribution >= 0.6 is 22.9 Å². The number of benzene rings is 1. The lowest BCUT2D eigenvalue weighted by atomic mass is 10.0. The van der Waals surface area contributed by atoms with Crippen LogP contribution in [0.5, 0.6) is 0 Å². The predicted octanol–water partition coefficient (Wildman–Crippen LogP) is 3.14. The molecule has 1 aromatic heterocycles. The number of ether oxygens (including phenoxy) is 1. The highest BCUT2D eigenvalue weighted by Crippen LogP contribution is 2.23. The van der Waals surface area contributed by atoms with Gasteiger partial charge in [-0.05, 0) is 40.1 Å². The van der Waals surface area contributed by atoms with Crippen LogP contribution < -0.4 is 10.6 Å². The zero-order chi connectivity index (χ0) is 18.2. The third-order valence-corrected chi connectivity index (χ3v) is 5.41. The Kier molecular flexibility index (Phi) is 7.32. The summed E-state index contributed by atoms with van der Waals surface area (Å²) in [5, 5.41) is 11.8. The molecule has 0 bridgehead atoms. The highest BCUT2D eigenvalue weighted by atomic mass is 35.5. The van der Waals surface area contributed by atoms with E-state index in [0.29, 0.717) is 0 Å². The molecule has 1 unspecified atom stereocenters. The molecule has 1 aliphatic heterocycles. The fraction of sp³-hybridized carbons (Fsp3) is 0.421. The van der Waals surface area contributed by atoms with E-state index in [2.05, 4.69) is 43.4 Å². The first kappa shape index (κ1) is 19.2. The number of guanidine groups is 1. The van der Waals surface area contributed by atoms with Gasteiger partial charge in [0.05, 0.1) is 19.3 Å². The minimum atomic E-state index is 0.220. The fourth-order valence-corrected chi connectivity index (χ4v) is 3.92. The summed E-state index contributed by atoms with van der Waals surface area (Å²) in [6.07, 6.45) is 0. The van der Waals surface area contributed by atoms with Crippen molar-refractivity contribution in [1.82, 2.24) is 15.5 Å². The molecule has 1 fully saturated rings. The minimum absolute atomic E-state index is 0.220. The molecule has 1 atom stereocenters. The van der Waals surface area contributed by atoms with Crippen molar-refractivity contribution in [3.05, 3.63) is 57.2 Å². The third kappa shape index (κ3) is 5.45. The molecule has 0 radical (unpaired) electrons. The highest BCUT2D eigenvalue weighted by Gasteiger charge is 2.23. The largest absolute Gasteiger partial charge is 0.379 e. The van der Waals surface area contributed by atoms with Crippen LogP contribution in [0.3, 0.4) is 0 Å². The van der Waals surface area contributed by atoms with E-state index < -0.39 is 0 Å². The van der Waals surface area contributed by atoms with E-state index in [0.717, 1.165) is 50.4 Å². The molecule has 140 valence electrons. The Morgan fingerprint density at radius 2 is 2.15 bits per heavy atom. The Morgan fingerprint density at radius 1 is 1.31 bits per heavy atom. The predicted molar refractivity (Wildman–Crippen MR) is 109 cm³/mol. The van der Waals surface area contributed by atoms with E-state index in [1.807, 2.05) is 18.2 Å². The smallest absolute Gasteiger partial charge is 0.191 e. The number of hydrogen-bond acceptors (Lipinski definition) is 4. The molecule has 0 saturated carbocycles. The number of aliphatic imine (C=N–C) groups is 1. The number of nitrogens with zero attached hydrogens (tertiary/aromatic N) is 2. The van der Waals surface area contributed by atoms with Gasteiger partial charge in [-0.1, -0.05) is 23.7 Å². The maximum atomic E-state index is 6.23. The molecule has 2 N–H and O–H groups in total. The fourth-order valence-electron chi connectivity index (χ4n) is 3.05. The van der Waals surface area contributed by atoms with E-state index in [4.69, 9.17) is 16.3 Å². The number of rotatable bonds is 6. The molecule has 2 aromatic rings. The summed E-state index contributed by atoms with van der Waals surface area (Å²) in [7, 11) is 1.80. The zero-order valence-electron chi connectivity index (χ0n) is 15.0. The van der Waals surface area contributed by atoms with Crippen LogP contribution in [0, 0.1) is 0 Å². The maximum absolute atomic E-state index is 6.23. The van der Waals surface area contributed by atoms with Crippen LogP contribution in [-0.4, -0.2) is 50.8 Å². The van der Waals surface area contributed by atoms with Crippen molar-refractivity contribution in [3.63, 3.8) is 0 Å². The Hall–Kier alpha value is -1.60. The molecule has 2 heterocycles. The Bertz CT molecular complexity index is 701. The molecule has 3 rings (SSSR count). The lowest BCUT2D eigenvalue weighted by molar-refractivity contribution is 0.0170. The first-order valence-electron chi connectivity index (χ1n) is 8.79. The molecule has 7 heteroatoms. The quantitative estimate of drug-likeness (QED) is 0.585. The molecule has 0 amide bonds. The van der Waals surface area contributed by atoms with Gasteiger partial charge in [-0.2, -0.15) is 11.3 Å². The van der Waals surface area contributed by atoms with Gasteiger partial charge < -0.3 is 15.4 Å². The second-order valence-corrected chi connectivity index (χ2v) is 7.37. The molecule has 5 nitrogen and oxygen atoms in total. The molecular weight excluding hydrogens is 368 g/mol. The number of thiophene rings is 1. The summed E-state index contributed by atoms with van der Waals surface area (Å²) >= 11 is 7.93. The molecule has 0 spiro atoms. The Balaban J connectivity index is 1.64. The lowest BCUT2D eigenvalue weighted by Gasteiger charge is -2.35. The average Bonchev–Trinajstić information content (AvgIpc) is 3.19. The van der Waals surface area contributed by atoms with E-state index in [-0.39, 0.29) is 6.04 Å². The van der Waals surface area contributed by atoms with Gasteiger partial charge in [0, 0.05) is 38.2 Å². The maximum Gasteiger partial charge on any atom is 0.191 e. The summed E-state index contributed by atoms with van der Waals surface area (Å²) in [5.74, 6) is 0.802. The summed E-state index contributed by atoms with van der Waals surface area (Å²) in [6.45, 7) is 4.89. The first-order valence-corrected chi connectivity index (χ1v) is 10.1. The van der Waals surface area contributed by atoms with Crippen molar-refractivity contribution >= 4 is 28.9 Å². The topological polar surface area (TPSA) is 48.9 Å². The van der Waals surface area contributed by atoms with Crippen molar-refractivity contribution in [2.75, 3.05) is 39.9 Å². The van der Waals surface area contributed by atoms with Crippen LogP contribution in [0.25, 0.3) is 0 Å². The monoisotopic (exact) mass is 392 g/mol. The number of nitrogens with one attached hydrogen (secondary N) is 2. The molecule has 0 aliphatic carbocycles. The van der Waals surface area contributed by atoms with Crippen molar-refractivity contribution in [2.24, 2.45) is 4.99 Å². The summed E-state index contributed by atoms with van der Waals surface area (Å²) in [6, 6.07) is 10.4. The summed E-state index contributed by atoms with van der Waals surface area (Å²) in [4.78, 5) is 6.78. The first-order chi connectivity index (χ1) is 12.8. The van der Waals surface area contributed by atoms with Crippen LogP contribution in [-0.2, 0) is 11.3 Å². The minimum Gasteiger partial charge on any atom is -0.379 e. The second kappa shape index (κ2) is 9.92. The van der Waals surface area contributed by atoms with Gasteiger partial charge in [0.15, 0.2) is 5.96 Å².